The maximum atomic E-state index is 10.4. The third-order valence-corrected chi connectivity index (χ3v) is 3.78. The number of rotatable bonds is 7. The molecule has 1 atom stereocenters. The molecule has 6 heteroatoms. The van der Waals surface area contributed by atoms with Crippen molar-refractivity contribution < 1.29 is 13.0 Å². The molecule has 80 valence electrons. The first-order chi connectivity index (χ1) is 5.95. The average molecular weight is 227 g/mol. The van der Waals surface area contributed by atoms with E-state index in [1.54, 1.807) is 0 Å². The van der Waals surface area contributed by atoms with Gasteiger partial charge in [-0.3, -0.25) is 4.55 Å². The van der Waals surface area contributed by atoms with E-state index in [1.165, 1.54) is 0 Å². The van der Waals surface area contributed by atoms with Crippen LogP contribution >= 0.6 is 10.8 Å². The first-order valence-electron chi connectivity index (χ1n) is 4.37. The Hall–Kier alpha value is 0.220. The largest absolute Gasteiger partial charge is 0.321 e. The molecule has 0 aromatic carbocycles. The highest BCUT2D eigenvalue weighted by atomic mass is 33.1. The summed E-state index contributed by atoms with van der Waals surface area (Å²) in [4.78, 5) is 0. The number of hydrogen-bond donors (Lipinski definition) is 2. The molecule has 1 unspecified atom stereocenters. The van der Waals surface area contributed by atoms with Crippen LogP contribution in [0.4, 0.5) is 0 Å². The summed E-state index contributed by atoms with van der Waals surface area (Å²) < 4.78 is 29.2. The fourth-order valence-corrected chi connectivity index (χ4v) is 2.78. The van der Waals surface area contributed by atoms with E-state index in [1.807, 2.05) is 0 Å². The highest BCUT2D eigenvalue weighted by molar-refractivity contribution is 8.70. The topological polar surface area (TPSA) is 80.4 Å². The van der Waals surface area contributed by atoms with Crippen molar-refractivity contribution in [2.45, 2.75) is 44.4 Å². The van der Waals surface area contributed by atoms with Gasteiger partial charge in [-0.25, -0.2) is 0 Å². The Kier molecular flexibility index (Phi) is 6.75. The summed E-state index contributed by atoms with van der Waals surface area (Å²) in [6.07, 6.45) is 4.89. The fourth-order valence-electron chi connectivity index (χ4n) is 0.977. The molecule has 0 saturated heterocycles. The lowest BCUT2D eigenvalue weighted by Crippen LogP contribution is -2.17. The average Bonchev–Trinajstić information content (AvgIpc) is 1.94. The molecule has 0 saturated carbocycles. The SMILES string of the molecule is CCCCCCC(N)SS(=O)(=O)O. The smallest absolute Gasteiger partial charge is 0.318 e. The highest BCUT2D eigenvalue weighted by Gasteiger charge is 2.12. The zero-order valence-electron chi connectivity index (χ0n) is 7.77. The minimum Gasteiger partial charge on any atom is -0.318 e. The van der Waals surface area contributed by atoms with Crippen LogP contribution in [-0.2, 0) is 9.15 Å². The van der Waals surface area contributed by atoms with Gasteiger partial charge in [-0.2, -0.15) is 8.42 Å². The molecule has 0 spiro atoms. The van der Waals surface area contributed by atoms with Crippen LogP contribution in [0.1, 0.15) is 39.0 Å². The molecular formula is C7H17NO3S2. The van der Waals surface area contributed by atoms with Gasteiger partial charge in [0, 0.05) is 10.8 Å². The van der Waals surface area contributed by atoms with Crippen molar-refractivity contribution in [1.29, 1.82) is 0 Å². The van der Waals surface area contributed by atoms with Gasteiger partial charge in [-0.15, -0.1) is 0 Å². The van der Waals surface area contributed by atoms with Gasteiger partial charge >= 0.3 is 9.15 Å². The monoisotopic (exact) mass is 227 g/mol. The van der Waals surface area contributed by atoms with Crippen LogP contribution in [0.5, 0.6) is 0 Å². The van der Waals surface area contributed by atoms with Gasteiger partial charge in [-0.1, -0.05) is 32.6 Å². The predicted octanol–water partition coefficient (Wildman–Crippen LogP) is 1.78. The van der Waals surface area contributed by atoms with E-state index in [2.05, 4.69) is 6.92 Å². The van der Waals surface area contributed by atoms with Crippen LogP contribution in [0.3, 0.4) is 0 Å². The number of unbranched alkanes of at least 4 members (excludes halogenated alkanes) is 3. The molecule has 0 aliphatic heterocycles. The van der Waals surface area contributed by atoms with Crippen molar-refractivity contribution in [3.63, 3.8) is 0 Å². The Labute approximate surface area is 83.4 Å². The molecule has 3 N–H and O–H groups in total. The summed E-state index contributed by atoms with van der Waals surface area (Å²) in [5, 5.41) is -0.508. The van der Waals surface area contributed by atoms with E-state index < -0.39 is 14.5 Å². The van der Waals surface area contributed by atoms with Gasteiger partial charge in [0.15, 0.2) is 0 Å². The second-order valence-electron chi connectivity index (χ2n) is 2.91. The van der Waals surface area contributed by atoms with Gasteiger partial charge < -0.3 is 5.73 Å². The maximum Gasteiger partial charge on any atom is 0.321 e. The van der Waals surface area contributed by atoms with Gasteiger partial charge in [0.2, 0.25) is 0 Å². The molecule has 0 aliphatic rings. The first-order valence-corrected chi connectivity index (χ1v) is 7.20. The Morgan fingerprint density at radius 1 is 1.38 bits per heavy atom. The second kappa shape index (κ2) is 6.64. The van der Waals surface area contributed by atoms with Crippen molar-refractivity contribution in [3.8, 4) is 0 Å². The summed E-state index contributed by atoms with van der Waals surface area (Å²) in [6, 6.07) is 0. The molecule has 0 radical (unpaired) electrons. The molecule has 0 fully saturated rings. The molecule has 0 amide bonds. The summed E-state index contributed by atoms with van der Waals surface area (Å²) in [5.74, 6) is 0. The van der Waals surface area contributed by atoms with Gasteiger partial charge in [0.1, 0.15) is 0 Å². The minimum absolute atomic E-state index is 0.420. The number of nitrogens with two attached hydrogens (primary N) is 1. The lowest BCUT2D eigenvalue weighted by atomic mass is 10.1. The van der Waals surface area contributed by atoms with Crippen LogP contribution in [0.2, 0.25) is 0 Å². The Balaban J connectivity index is 3.47. The van der Waals surface area contributed by atoms with Crippen LogP contribution in [0.25, 0.3) is 0 Å². The number of hydrogen-bond acceptors (Lipinski definition) is 4. The Bertz CT molecular complexity index is 216. The highest BCUT2D eigenvalue weighted by Crippen LogP contribution is 2.18. The van der Waals surface area contributed by atoms with E-state index >= 15 is 0 Å². The molecule has 0 aromatic rings. The van der Waals surface area contributed by atoms with Crippen LogP contribution in [-0.4, -0.2) is 18.3 Å². The van der Waals surface area contributed by atoms with E-state index in [0.717, 1.165) is 25.7 Å². The van der Waals surface area contributed by atoms with Crippen LogP contribution < -0.4 is 5.73 Å². The molecule has 0 aliphatic carbocycles. The van der Waals surface area contributed by atoms with E-state index in [0.29, 0.717) is 17.2 Å². The standard InChI is InChI=1S/C7H17NO3S2/c1-2-3-4-5-6-7(8)12-13(9,10)11/h7H,2-6,8H2,1H3,(H,9,10,11). The fraction of sp³-hybridized carbons (Fsp3) is 1.00. The van der Waals surface area contributed by atoms with Gasteiger partial charge in [0.25, 0.3) is 0 Å². The maximum absolute atomic E-state index is 10.4. The third-order valence-electron chi connectivity index (χ3n) is 1.59. The normalized spacial score (nSPS) is 14.4. The summed E-state index contributed by atoms with van der Waals surface area (Å²) in [7, 11) is -3.55. The van der Waals surface area contributed by atoms with E-state index in [4.69, 9.17) is 10.3 Å². The van der Waals surface area contributed by atoms with Crippen LogP contribution in [0.15, 0.2) is 0 Å². The van der Waals surface area contributed by atoms with Crippen molar-refractivity contribution in [2.75, 3.05) is 0 Å². The van der Waals surface area contributed by atoms with Crippen molar-refractivity contribution in [3.05, 3.63) is 0 Å². The summed E-state index contributed by atoms with van der Waals surface area (Å²) in [5.41, 5.74) is 5.47. The quantitative estimate of drug-likeness (QED) is 0.300. The van der Waals surface area contributed by atoms with E-state index in [-0.39, 0.29) is 0 Å². The van der Waals surface area contributed by atoms with E-state index in [9.17, 15) is 8.42 Å². The van der Waals surface area contributed by atoms with Gasteiger partial charge in [-0.05, 0) is 6.42 Å². The zero-order chi connectivity index (χ0) is 10.3. The molecular weight excluding hydrogens is 210 g/mol. The molecule has 0 heterocycles. The van der Waals surface area contributed by atoms with Gasteiger partial charge in [0.05, 0.1) is 5.37 Å². The lowest BCUT2D eigenvalue weighted by molar-refractivity contribution is 0.502. The Morgan fingerprint density at radius 2 is 2.00 bits per heavy atom. The molecule has 4 nitrogen and oxygen atoms in total. The first kappa shape index (κ1) is 13.2. The zero-order valence-corrected chi connectivity index (χ0v) is 9.40. The molecule has 0 aromatic heterocycles. The van der Waals surface area contributed by atoms with Crippen molar-refractivity contribution in [2.24, 2.45) is 5.73 Å². The van der Waals surface area contributed by atoms with Crippen LogP contribution in [0, 0.1) is 0 Å². The molecule has 0 rings (SSSR count). The minimum atomic E-state index is -3.97. The molecule has 0 bridgehead atoms. The summed E-state index contributed by atoms with van der Waals surface area (Å²) in [6.45, 7) is 2.10. The second-order valence-corrected chi connectivity index (χ2v) is 6.41. The third kappa shape index (κ3) is 10.1. The lowest BCUT2D eigenvalue weighted by Gasteiger charge is -2.07. The molecule has 13 heavy (non-hydrogen) atoms. The van der Waals surface area contributed by atoms with Crippen molar-refractivity contribution >= 4 is 19.9 Å². The van der Waals surface area contributed by atoms with Crippen molar-refractivity contribution in [1.82, 2.24) is 0 Å². The predicted molar refractivity (Wildman–Crippen MR) is 55.9 cm³/mol. The summed E-state index contributed by atoms with van der Waals surface area (Å²) >= 11 is 0. The Morgan fingerprint density at radius 3 is 2.46 bits per heavy atom.